The Morgan fingerprint density at radius 1 is 1.35 bits per heavy atom. The lowest BCUT2D eigenvalue weighted by Crippen LogP contribution is -2.15. The molecule has 1 unspecified atom stereocenters. The van der Waals surface area contributed by atoms with Crippen molar-refractivity contribution < 1.29 is 5.11 Å². The van der Waals surface area contributed by atoms with E-state index in [1.807, 2.05) is 38.4 Å². The topological polar surface area (TPSA) is 55.9 Å². The van der Waals surface area contributed by atoms with Crippen molar-refractivity contribution in [3.05, 3.63) is 34.4 Å². The Balaban J connectivity index is 2.48. The van der Waals surface area contributed by atoms with E-state index in [1.54, 1.807) is 10.9 Å². The van der Waals surface area contributed by atoms with Crippen molar-refractivity contribution in [3.63, 3.8) is 0 Å². The van der Waals surface area contributed by atoms with Gasteiger partial charge in [-0.15, -0.1) is 0 Å². The van der Waals surface area contributed by atoms with Gasteiger partial charge in [0.25, 0.3) is 0 Å². The van der Waals surface area contributed by atoms with Gasteiger partial charge in [-0.1, -0.05) is 18.5 Å². The molecule has 0 fully saturated rings. The van der Waals surface area contributed by atoms with Gasteiger partial charge in [-0.25, -0.2) is 0 Å². The maximum absolute atomic E-state index is 10.7. The SMILES string of the molecule is CCc1cc(C(O)c2c(Cl)cnn2C(C)C)n(CC)n1. The van der Waals surface area contributed by atoms with Crippen LogP contribution in [0.5, 0.6) is 0 Å². The van der Waals surface area contributed by atoms with Crippen LogP contribution < -0.4 is 0 Å². The molecule has 1 N–H and O–H groups in total. The smallest absolute Gasteiger partial charge is 0.139 e. The molecule has 0 aromatic carbocycles. The van der Waals surface area contributed by atoms with Crippen molar-refractivity contribution in [3.8, 4) is 0 Å². The number of aryl methyl sites for hydroxylation is 2. The number of aliphatic hydroxyl groups excluding tert-OH is 1. The highest BCUT2D eigenvalue weighted by Crippen LogP contribution is 2.30. The van der Waals surface area contributed by atoms with Gasteiger partial charge in [0.2, 0.25) is 0 Å². The van der Waals surface area contributed by atoms with Crippen LogP contribution in [0.25, 0.3) is 0 Å². The van der Waals surface area contributed by atoms with E-state index in [1.165, 1.54) is 0 Å². The number of hydrogen-bond acceptors (Lipinski definition) is 3. The normalized spacial score (nSPS) is 13.2. The molecule has 6 heteroatoms. The molecule has 2 heterocycles. The molecule has 20 heavy (non-hydrogen) atoms. The molecule has 0 saturated carbocycles. The van der Waals surface area contributed by atoms with Gasteiger partial charge in [0.15, 0.2) is 0 Å². The molecule has 0 bridgehead atoms. The lowest BCUT2D eigenvalue weighted by atomic mass is 10.1. The summed E-state index contributed by atoms with van der Waals surface area (Å²) in [5.74, 6) is 0. The zero-order chi connectivity index (χ0) is 14.9. The third kappa shape index (κ3) is 2.60. The first-order chi connectivity index (χ1) is 9.49. The molecule has 0 aliphatic carbocycles. The molecule has 2 aromatic heterocycles. The first-order valence-electron chi connectivity index (χ1n) is 6.97. The van der Waals surface area contributed by atoms with Crippen LogP contribution >= 0.6 is 11.6 Å². The Morgan fingerprint density at radius 3 is 2.60 bits per heavy atom. The molecule has 0 amide bonds. The van der Waals surface area contributed by atoms with Gasteiger partial charge < -0.3 is 5.11 Å². The van der Waals surface area contributed by atoms with Gasteiger partial charge >= 0.3 is 0 Å². The van der Waals surface area contributed by atoms with Gasteiger partial charge in [-0.3, -0.25) is 9.36 Å². The largest absolute Gasteiger partial charge is 0.380 e. The number of aromatic nitrogens is 4. The summed E-state index contributed by atoms with van der Waals surface area (Å²) in [7, 11) is 0. The molecule has 1 atom stereocenters. The number of nitrogens with zero attached hydrogens (tertiary/aromatic N) is 4. The molecular weight excluding hydrogens is 276 g/mol. The predicted octanol–water partition coefficient (Wildman–Crippen LogP) is 2.98. The lowest BCUT2D eigenvalue weighted by Gasteiger charge is -2.17. The number of hydrogen-bond donors (Lipinski definition) is 1. The average Bonchev–Trinajstić information content (AvgIpc) is 3.01. The molecule has 0 saturated heterocycles. The third-order valence-electron chi connectivity index (χ3n) is 3.34. The van der Waals surface area contributed by atoms with Crippen LogP contribution in [0.3, 0.4) is 0 Å². The zero-order valence-electron chi connectivity index (χ0n) is 12.3. The minimum Gasteiger partial charge on any atom is -0.380 e. The summed E-state index contributed by atoms with van der Waals surface area (Å²) in [6.45, 7) is 8.77. The van der Waals surface area contributed by atoms with Crippen LogP contribution in [0.2, 0.25) is 5.02 Å². The van der Waals surface area contributed by atoms with Gasteiger partial charge in [0.1, 0.15) is 6.10 Å². The summed E-state index contributed by atoms with van der Waals surface area (Å²) < 4.78 is 3.57. The number of halogens is 1. The van der Waals surface area contributed by atoms with E-state index in [0.29, 0.717) is 17.3 Å². The molecule has 2 aromatic rings. The fourth-order valence-electron chi connectivity index (χ4n) is 2.29. The number of aliphatic hydroxyl groups is 1. The van der Waals surface area contributed by atoms with E-state index < -0.39 is 6.10 Å². The molecule has 0 spiro atoms. The predicted molar refractivity (Wildman–Crippen MR) is 79.0 cm³/mol. The highest BCUT2D eigenvalue weighted by atomic mass is 35.5. The van der Waals surface area contributed by atoms with E-state index in [0.717, 1.165) is 17.8 Å². The molecule has 110 valence electrons. The van der Waals surface area contributed by atoms with Crippen LogP contribution in [0.4, 0.5) is 0 Å². The molecular formula is C14H21ClN4O. The molecule has 5 nitrogen and oxygen atoms in total. The summed E-state index contributed by atoms with van der Waals surface area (Å²) in [6, 6.07) is 2.07. The van der Waals surface area contributed by atoms with E-state index >= 15 is 0 Å². The molecule has 0 aliphatic rings. The van der Waals surface area contributed by atoms with Crippen molar-refractivity contribution in [2.45, 2.75) is 52.8 Å². The van der Waals surface area contributed by atoms with Gasteiger partial charge in [0.05, 0.1) is 28.3 Å². The first-order valence-corrected chi connectivity index (χ1v) is 7.34. The van der Waals surface area contributed by atoms with Gasteiger partial charge in [-0.05, 0) is 33.3 Å². The van der Waals surface area contributed by atoms with Gasteiger partial charge in [0, 0.05) is 12.6 Å². The lowest BCUT2D eigenvalue weighted by molar-refractivity contribution is 0.193. The molecule has 0 radical (unpaired) electrons. The Bertz CT molecular complexity index is 588. The number of rotatable bonds is 5. The quantitative estimate of drug-likeness (QED) is 0.923. The second-order valence-corrected chi connectivity index (χ2v) is 5.46. The van der Waals surface area contributed by atoms with Crippen molar-refractivity contribution in [2.75, 3.05) is 0 Å². The Hall–Kier alpha value is -1.33. The fourth-order valence-corrected chi connectivity index (χ4v) is 2.52. The Labute approximate surface area is 124 Å². The molecule has 2 rings (SSSR count). The minimum absolute atomic E-state index is 0.135. The van der Waals surface area contributed by atoms with Crippen LogP contribution in [-0.2, 0) is 13.0 Å². The summed E-state index contributed by atoms with van der Waals surface area (Å²) in [5.41, 5.74) is 2.35. The second kappa shape index (κ2) is 5.97. The Kier molecular flexibility index (Phi) is 4.50. The maximum Gasteiger partial charge on any atom is 0.139 e. The van der Waals surface area contributed by atoms with Crippen molar-refractivity contribution >= 4 is 11.6 Å². The van der Waals surface area contributed by atoms with E-state index in [9.17, 15) is 5.11 Å². The zero-order valence-corrected chi connectivity index (χ0v) is 13.1. The van der Waals surface area contributed by atoms with Gasteiger partial charge in [-0.2, -0.15) is 10.2 Å². The first kappa shape index (κ1) is 15.1. The second-order valence-electron chi connectivity index (χ2n) is 5.05. The van der Waals surface area contributed by atoms with Crippen molar-refractivity contribution in [1.82, 2.24) is 19.6 Å². The summed E-state index contributed by atoms with van der Waals surface area (Å²) in [4.78, 5) is 0. The van der Waals surface area contributed by atoms with Crippen LogP contribution in [-0.4, -0.2) is 24.7 Å². The highest BCUT2D eigenvalue weighted by Gasteiger charge is 2.24. The van der Waals surface area contributed by atoms with E-state index in [-0.39, 0.29) is 6.04 Å². The van der Waals surface area contributed by atoms with E-state index in [4.69, 9.17) is 11.6 Å². The van der Waals surface area contributed by atoms with Crippen molar-refractivity contribution in [1.29, 1.82) is 0 Å². The maximum atomic E-state index is 10.7. The third-order valence-corrected chi connectivity index (χ3v) is 3.63. The Morgan fingerprint density at radius 2 is 2.05 bits per heavy atom. The molecule has 0 aliphatic heterocycles. The highest BCUT2D eigenvalue weighted by molar-refractivity contribution is 6.31. The summed E-state index contributed by atoms with van der Waals surface area (Å²) in [6.07, 6.45) is 1.59. The minimum atomic E-state index is -0.819. The average molecular weight is 297 g/mol. The van der Waals surface area contributed by atoms with Crippen molar-refractivity contribution in [2.24, 2.45) is 0 Å². The van der Waals surface area contributed by atoms with E-state index in [2.05, 4.69) is 10.2 Å². The van der Waals surface area contributed by atoms with Crippen LogP contribution in [0.15, 0.2) is 12.3 Å². The standard InChI is InChI=1S/C14H21ClN4O/c1-5-10-7-12(18(6-2)17-10)14(20)13-11(15)8-16-19(13)9(3)4/h7-9,14,20H,5-6H2,1-4H3. The summed E-state index contributed by atoms with van der Waals surface area (Å²) >= 11 is 6.20. The van der Waals surface area contributed by atoms with Crippen LogP contribution in [0.1, 0.15) is 56.9 Å². The monoisotopic (exact) mass is 296 g/mol. The van der Waals surface area contributed by atoms with Crippen LogP contribution in [0, 0.1) is 0 Å². The fraction of sp³-hybridized carbons (Fsp3) is 0.571. The summed E-state index contributed by atoms with van der Waals surface area (Å²) in [5, 5.41) is 19.9.